The van der Waals surface area contributed by atoms with Crippen LogP contribution in [0.3, 0.4) is 0 Å². The predicted molar refractivity (Wildman–Crippen MR) is 75.2 cm³/mol. The molecule has 20 heavy (non-hydrogen) atoms. The first-order valence-corrected chi connectivity index (χ1v) is 6.86. The number of benzene rings is 1. The first kappa shape index (κ1) is 14.5. The van der Waals surface area contributed by atoms with Gasteiger partial charge in [-0.25, -0.2) is 0 Å². The topological polar surface area (TPSA) is 58.6 Å². The molecule has 5 heteroatoms. The molecule has 0 saturated carbocycles. The summed E-state index contributed by atoms with van der Waals surface area (Å²) in [7, 11) is 1.62. The molecular formula is C15H20N2O3. The van der Waals surface area contributed by atoms with Gasteiger partial charge in [-0.05, 0) is 12.5 Å². The van der Waals surface area contributed by atoms with Gasteiger partial charge in [-0.1, -0.05) is 25.1 Å². The lowest BCUT2D eigenvalue weighted by Gasteiger charge is -2.15. The molecule has 5 nitrogen and oxygen atoms in total. The van der Waals surface area contributed by atoms with Crippen molar-refractivity contribution in [1.29, 1.82) is 0 Å². The van der Waals surface area contributed by atoms with E-state index in [2.05, 4.69) is 5.32 Å². The van der Waals surface area contributed by atoms with Crippen LogP contribution < -0.4 is 10.1 Å². The molecule has 0 bridgehead atoms. The van der Waals surface area contributed by atoms with Crippen LogP contribution in [-0.2, 0) is 16.1 Å². The van der Waals surface area contributed by atoms with E-state index in [0.717, 1.165) is 17.7 Å². The van der Waals surface area contributed by atoms with Gasteiger partial charge in [-0.3, -0.25) is 14.5 Å². The van der Waals surface area contributed by atoms with Gasteiger partial charge in [0.05, 0.1) is 19.6 Å². The molecule has 1 heterocycles. The largest absolute Gasteiger partial charge is 0.496 e. The molecule has 1 atom stereocenters. The highest BCUT2D eigenvalue weighted by Crippen LogP contribution is 2.19. The fourth-order valence-electron chi connectivity index (χ4n) is 2.38. The number of nitrogens with zero attached hydrogens (tertiary/aromatic N) is 1. The van der Waals surface area contributed by atoms with Gasteiger partial charge in [0.15, 0.2) is 0 Å². The predicted octanol–water partition coefficient (Wildman–Crippen LogP) is 1.32. The first-order chi connectivity index (χ1) is 9.67. The van der Waals surface area contributed by atoms with E-state index in [0.29, 0.717) is 13.1 Å². The van der Waals surface area contributed by atoms with Crippen molar-refractivity contribution in [3.63, 3.8) is 0 Å². The third-order valence-corrected chi connectivity index (χ3v) is 3.42. The lowest BCUT2D eigenvalue weighted by Crippen LogP contribution is -2.38. The van der Waals surface area contributed by atoms with Crippen LogP contribution in [0.4, 0.5) is 0 Å². The number of carbonyl (C=O) groups is 2. The molecule has 0 radical (unpaired) electrons. The van der Waals surface area contributed by atoms with E-state index in [9.17, 15) is 9.59 Å². The molecule has 108 valence electrons. The molecule has 0 spiro atoms. The molecule has 1 unspecified atom stereocenters. The van der Waals surface area contributed by atoms with E-state index in [1.807, 2.05) is 31.2 Å². The number of likely N-dealkylation sites (tertiary alicyclic amines) is 1. The minimum absolute atomic E-state index is 0.0885. The third kappa shape index (κ3) is 2.99. The van der Waals surface area contributed by atoms with Crippen LogP contribution in [0, 0.1) is 0 Å². The summed E-state index contributed by atoms with van der Waals surface area (Å²) in [5.74, 6) is 0.573. The van der Waals surface area contributed by atoms with Gasteiger partial charge in [-0.2, -0.15) is 0 Å². The van der Waals surface area contributed by atoms with Crippen LogP contribution in [0.25, 0.3) is 0 Å². The molecule has 1 N–H and O–H groups in total. The van der Waals surface area contributed by atoms with Crippen LogP contribution in [0.1, 0.15) is 25.3 Å². The Morgan fingerprint density at radius 1 is 1.35 bits per heavy atom. The maximum atomic E-state index is 12.1. The molecule has 1 aliphatic heterocycles. The number of amides is 2. The highest BCUT2D eigenvalue weighted by Gasteiger charge is 2.37. The highest BCUT2D eigenvalue weighted by atomic mass is 16.5. The average molecular weight is 276 g/mol. The smallest absolute Gasteiger partial charge is 0.246 e. The zero-order valence-electron chi connectivity index (χ0n) is 11.9. The standard InChI is InChI=1S/C15H20N2O3/c1-3-8-17-14(18)9-12(15(17)19)16-10-11-6-4-5-7-13(11)20-2/h4-7,12,16H,3,8-10H2,1-2H3. The fraction of sp³-hybridized carbons (Fsp3) is 0.467. The molecule has 1 aromatic carbocycles. The Labute approximate surface area is 118 Å². The van der Waals surface area contributed by atoms with Crippen molar-refractivity contribution in [2.24, 2.45) is 0 Å². The number of imide groups is 1. The van der Waals surface area contributed by atoms with E-state index in [1.165, 1.54) is 4.90 Å². The minimum atomic E-state index is -0.418. The van der Waals surface area contributed by atoms with Gasteiger partial charge in [0, 0.05) is 18.7 Å². The number of hydrogen-bond acceptors (Lipinski definition) is 4. The summed E-state index contributed by atoms with van der Waals surface area (Å²) >= 11 is 0. The van der Waals surface area contributed by atoms with Gasteiger partial charge in [0.25, 0.3) is 0 Å². The Morgan fingerprint density at radius 2 is 2.10 bits per heavy atom. The first-order valence-electron chi connectivity index (χ1n) is 6.86. The zero-order chi connectivity index (χ0) is 14.5. The van der Waals surface area contributed by atoms with E-state index < -0.39 is 6.04 Å². The number of nitrogens with one attached hydrogen (secondary N) is 1. The number of carbonyl (C=O) groups excluding carboxylic acids is 2. The molecule has 2 rings (SSSR count). The summed E-state index contributed by atoms with van der Waals surface area (Å²) in [4.78, 5) is 25.2. The van der Waals surface area contributed by atoms with Gasteiger partial charge in [0.1, 0.15) is 5.75 Å². The highest BCUT2D eigenvalue weighted by molar-refractivity contribution is 6.05. The Morgan fingerprint density at radius 3 is 2.80 bits per heavy atom. The average Bonchev–Trinajstić information content (AvgIpc) is 2.73. The van der Waals surface area contributed by atoms with Crippen molar-refractivity contribution in [1.82, 2.24) is 10.2 Å². The van der Waals surface area contributed by atoms with E-state index in [1.54, 1.807) is 7.11 Å². The van der Waals surface area contributed by atoms with Crippen molar-refractivity contribution in [2.45, 2.75) is 32.4 Å². The van der Waals surface area contributed by atoms with Crippen molar-refractivity contribution in [3.8, 4) is 5.75 Å². The normalized spacial score (nSPS) is 18.7. The van der Waals surface area contributed by atoms with Gasteiger partial charge >= 0.3 is 0 Å². The van der Waals surface area contributed by atoms with Crippen LogP contribution >= 0.6 is 0 Å². The van der Waals surface area contributed by atoms with Crippen molar-refractivity contribution >= 4 is 11.8 Å². The van der Waals surface area contributed by atoms with E-state index in [-0.39, 0.29) is 18.2 Å². The van der Waals surface area contributed by atoms with E-state index >= 15 is 0 Å². The number of hydrogen-bond donors (Lipinski definition) is 1. The minimum Gasteiger partial charge on any atom is -0.496 e. The van der Waals surface area contributed by atoms with Gasteiger partial charge in [-0.15, -0.1) is 0 Å². The summed E-state index contributed by atoms with van der Waals surface area (Å²) in [6.07, 6.45) is 1.03. The molecule has 2 amide bonds. The van der Waals surface area contributed by atoms with E-state index in [4.69, 9.17) is 4.74 Å². The SMILES string of the molecule is CCCN1C(=O)CC(NCc2ccccc2OC)C1=O. The maximum absolute atomic E-state index is 12.1. The van der Waals surface area contributed by atoms with Crippen LogP contribution in [0.15, 0.2) is 24.3 Å². The van der Waals surface area contributed by atoms with Gasteiger partial charge in [0.2, 0.25) is 11.8 Å². The fourth-order valence-corrected chi connectivity index (χ4v) is 2.38. The quantitative estimate of drug-likeness (QED) is 0.796. The molecule has 1 fully saturated rings. The molecule has 1 saturated heterocycles. The van der Waals surface area contributed by atoms with Crippen molar-refractivity contribution in [2.75, 3.05) is 13.7 Å². The Balaban J connectivity index is 1.98. The summed E-state index contributed by atoms with van der Waals surface area (Å²) in [5, 5.41) is 3.15. The Hall–Kier alpha value is -1.88. The number of para-hydroxylation sites is 1. The monoisotopic (exact) mass is 276 g/mol. The van der Waals surface area contributed by atoms with Gasteiger partial charge < -0.3 is 10.1 Å². The number of ether oxygens (including phenoxy) is 1. The second-order valence-electron chi connectivity index (χ2n) is 4.83. The molecule has 0 aromatic heterocycles. The number of rotatable bonds is 6. The Kier molecular flexibility index (Phi) is 4.74. The molecule has 1 aliphatic rings. The maximum Gasteiger partial charge on any atom is 0.246 e. The van der Waals surface area contributed by atoms with Crippen molar-refractivity contribution < 1.29 is 14.3 Å². The summed E-state index contributed by atoms with van der Waals surface area (Å²) in [6.45, 7) is 2.97. The number of methoxy groups -OCH3 is 1. The second kappa shape index (κ2) is 6.52. The second-order valence-corrected chi connectivity index (χ2v) is 4.83. The van der Waals surface area contributed by atoms with Crippen LogP contribution in [0.5, 0.6) is 5.75 Å². The summed E-state index contributed by atoms with van der Waals surface area (Å²) < 4.78 is 5.27. The van der Waals surface area contributed by atoms with Crippen molar-refractivity contribution in [3.05, 3.63) is 29.8 Å². The summed E-state index contributed by atoms with van der Waals surface area (Å²) in [6, 6.07) is 7.22. The van der Waals surface area contributed by atoms with Crippen LogP contribution in [-0.4, -0.2) is 36.4 Å². The zero-order valence-corrected chi connectivity index (χ0v) is 11.9. The summed E-state index contributed by atoms with van der Waals surface area (Å²) in [5.41, 5.74) is 0.976. The Bertz CT molecular complexity index is 502. The van der Waals surface area contributed by atoms with Crippen LogP contribution in [0.2, 0.25) is 0 Å². The lowest BCUT2D eigenvalue weighted by atomic mass is 10.1. The molecular weight excluding hydrogens is 256 g/mol. The third-order valence-electron chi connectivity index (χ3n) is 3.42. The lowest BCUT2D eigenvalue weighted by molar-refractivity contribution is -0.138. The molecule has 1 aromatic rings. The molecule has 0 aliphatic carbocycles.